The lowest BCUT2D eigenvalue weighted by molar-refractivity contribution is -0.137. The van der Waals surface area contributed by atoms with Crippen molar-refractivity contribution in [3.63, 3.8) is 0 Å². The molecule has 0 saturated heterocycles. The minimum absolute atomic E-state index is 0.00274. The molecule has 0 fully saturated rings. The molecule has 128 valence electrons. The molecule has 3 aromatic rings. The number of aromatic amines is 1. The van der Waals surface area contributed by atoms with Gasteiger partial charge in [-0.05, 0) is 30.3 Å². The van der Waals surface area contributed by atoms with Crippen molar-refractivity contribution < 1.29 is 18.0 Å². The summed E-state index contributed by atoms with van der Waals surface area (Å²) in [5.41, 5.74) is -0.344. The molecule has 2 N–H and O–H groups in total. The molecule has 3 rings (SSSR count). The first kappa shape index (κ1) is 16.7. The summed E-state index contributed by atoms with van der Waals surface area (Å²) in [5.74, 6) is -0.632. The Labute approximate surface area is 139 Å². The molecule has 0 unspecified atom stereocenters. The minimum atomic E-state index is -4.50. The molecule has 2 aromatic carbocycles. The van der Waals surface area contributed by atoms with Crippen LogP contribution in [-0.4, -0.2) is 15.9 Å². The van der Waals surface area contributed by atoms with Crippen LogP contribution in [0.5, 0.6) is 0 Å². The zero-order valence-electron chi connectivity index (χ0n) is 12.7. The lowest BCUT2D eigenvalue weighted by Crippen LogP contribution is -2.22. The van der Waals surface area contributed by atoms with Gasteiger partial charge in [0.25, 0.3) is 5.56 Å². The van der Waals surface area contributed by atoms with E-state index in [9.17, 15) is 22.8 Å². The van der Waals surface area contributed by atoms with Crippen LogP contribution in [0.3, 0.4) is 0 Å². The van der Waals surface area contributed by atoms with E-state index in [0.29, 0.717) is 11.0 Å². The van der Waals surface area contributed by atoms with E-state index in [2.05, 4.69) is 15.3 Å². The molecule has 0 bridgehead atoms. The fraction of sp³-hybridized carbons (Fsp3) is 0.118. The minimum Gasteiger partial charge on any atom is -0.326 e. The van der Waals surface area contributed by atoms with Crippen LogP contribution in [0.15, 0.2) is 53.3 Å². The summed E-state index contributed by atoms with van der Waals surface area (Å²) < 4.78 is 38.1. The van der Waals surface area contributed by atoms with Gasteiger partial charge in [-0.1, -0.05) is 18.2 Å². The summed E-state index contributed by atoms with van der Waals surface area (Å²) in [7, 11) is 0. The molecule has 0 atom stereocenters. The molecule has 25 heavy (non-hydrogen) atoms. The highest BCUT2D eigenvalue weighted by atomic mass is 19.4. The Kier molecular flexibility index (Phi) is 4.26. The van der Waals surface area contributed by atoms with E-state index in [1.165, 1.54) is 12.1 Å². The van der Waals surface area contributed by atoms with Gasteiger partial charge in [-0.15, -0.1) is 0 Å². The molecular formula is C17H12F3N3O2. The zero-order chi connectivity index (χ0) is 18.0. The van der Waals surface area contributed by atoms with Crippen LogP contribution in [0.1, 0.15) is 11.3 Å². The third kappa shape index (κ3) is 3.85. The molecular weight excluding hydrogens is 335 g/mol. The number of halogens is 3. The van der Waals surface area contributed by atoms with Crippen molar-refractivity contribution in [3.05, 3.63) is 70.1 Å². The van der Waals surface area contributed by atoms with Crippen LogP contribution in [-0.2, 0) is 17.4 Å². The second-order valence-corrected chi connectivity index (χ2v) is 5.33. The smallest absolute Gasteiger partial charge is 0.326 e. The predicted molar refractivity (Wildman–Crippen MR) is 86.1 cm³/mol. The fourth-order valence-electron chi connectivity index (χ4n) is 2.32. The Morgan fingerprint density at radius 1 is 1.12 bits per heavy atom. The monoisotopic (exact) mass is 347 g/mol. The van der Waals surface area contributed by atoms with E-state index in [4.69, 9.17) is 0 Å². The fourth-order valence-corrected chi connectivity index (χ4v) is 2.32. The van der Waals surface area contributed by atoms with Crippen molar-refractivity contribution in [2.75, 3.05) is 5.32 Å². The third-order valence-electron chi connectivity index (χ3n) is 3.47. The van der Waals surface area contributed by atoms with Gasteiger partial charge in [-0.3, -0.25) is 9.59 Å². The number of rotatable bonds is 3. The van der Waals surface area contributed by atoms with Crippen molar-refractivity contribution >= 4 is 22.6 Å². The van der Waals surface area contributed by atoms with Crippen molar-refractivity contribution in [1.82, 2.24) is 9.97 Å². The summed E-state index contributed by atoms with van der Waals surface area (Å²) in [5, 5.41) is 2.35. The number of H-pyrrole nitrogens is 1. The molecule has 0 saturated carbocycles. The number of hydrogen-bond donors (Lipinski definition) is 2. The molecule has 8 heteroatoms. The average molecular weight is 347 g/mol. The lowest BCUT2D eigenvalue weighted by Gasteiger charge is -2.09. The number of carbonyl (C=O) groups excluding carboxylic acids is 1. The van der Waals surface area contributed by atoms with Crippen LogP contribution in [0.4, 0.5) is 18.9 Å². The number of hydrogen-bond acceptors (Lipinski definition) is 3. The van der Waals surface area contributed by atoms with Gasteiger partial charge >= 0.3 is 6.18 Å². The first-order valence-corrected chi connectivity index (χ1v) is 7.28. The maximum atomic E-state index is 12.7. The number of nitrogens with zero attached hydrogens (tertiary/aromatic N) is 1. The van der Waals surface area contributed by atoms with E-state index < -0.39 is 23.2 Å². The van der Waals surface area contributed by atoms with Crippen molar-refractivity contribution in [1.29, 1.82) is 0 Å². The Morgan fingerprint density at radius 3 is 2.64 bits per heavy atom. The van der Waals surface area contributed by atoms with Gasteiger partial charge in [0.15, 0.2) is 0 Å². The molecule has 0 aliphatic rings. The predicted octanol–water partition coefficient (Wildman–Crippen LogP) is 3.12. The second kappa shape index (κ2) is 6.39. The van der Waals surface area contributed by atoms with Gasteiger partial charge in [0.2, 0.25) is 5.91 Å². The van der Waals surface area contributed by atoms with Gasteiger partial charge in [-0.2, -0.15) is 13.2 Å². The van der Waals surface area contributed by atoms with E-state index >= 15 is 0 Å². The van der Waals surface area contributed by atoms with Gasteiger partial charge < -0.3 is 10.3 Å². The maximum Gasteiger partial charge on any atom is 0.416 e. The summed E-state index contributed by atoms with van der Waals surface area (Å²) >= 11 is 0. The average Bonchev–Trinajstić information content (AvgIpc) is 2.55. The molecule has 0 spiro atoms. The molecule has 5 nitrogen and oxygen atoms in total. The number of carbonyl (C=O) groups is 1. The standard InChI is InChI=1S/C17H12F3N3O2/c18-17(19,20)10-4-3-5-11(8-10)21-15(24)9-14-16(25)23-13-7-2-1-6-12(13)22-14/h1-8H,9H2,(H,21,24)(H,23,25). The molecule has 0 aliphatic carbocycles. The van der Waals surface area contributed by atoms with Gasteiger partial charge in [-0.25, -0.2) is 4.98 Å². The number of amides is 1. The highest BCUT2D eigenvalue weighted by Gasteiger charge is 2.30. The summed E-state index contributed by atoms with van der Waals surface area (Å²) in [6, 6.07) is 11.1. The van der Waals surface area contributed by atoms with Crippen molar-refractivity contribution in [2.24, 2.45) is 0 Å². The molecule has 1 amide bonds. The van der Waals surface area contributed by atoms with Crippen LogP contribution in [0.25, 0.3) is 11.0 Å². The number of anilines is 1. The third-order valence-corrected chi connectivity index (χ3v) is 3.47. The Balaban J connectivity index is 1.79. The second-order valence-electron chi connectivity index (χ2n) is 5.33. The first-order valence-electron chi connectivity index (χ1n) is 7.28. The number of nitrogens with one attached hydrogen (secondary N) is 2. The topological polar surface area (TPSA) is 74.8 Å². The van der Waals surface area contributed by atoms with Crippen molar-refractivity contribution in [3.8, 4) is 0 Å². The van der Waals surface area contributed by atoms with Crippen LogP contribution in [0, 0.1) is 0 Å². The molecule has 1 heterocycles. The number of fused-ring (bicyclic) bond motifs is 1. The van der Waals surface area contributed by atoms with E-state index in [0.717, 1.165) is 12.1 Å². The van der Waals surface area contributed by atoms with Crippen LogP contribution in [0.2, 0.25) is 0 Å². The van der Waals surface area contributed by atoms with E-state index in [1.807, 2.05) is 0 Å². The number of para-hydroxylation sites is 2. The summed E-state index contributed by atoms with van der Waals surface area (Å²) in [6.45, 7) is 0. The van der Waals surface area contributed by atoms with E-state index in [-0.39, 0.29) is 17.8 Å². The first-order chi connectivity index (χ1) is 11.8. The van der Waals surface area contributed by atoms with Gasteiger partial charge in [0, 0.05) is 5.69 Å². The van der Waals surface area contributed by atoms with E-state index in [1.54, 1.807) is 24.3 Å². The lowest BCUT2D eigenvalue weighted by atomic mass is 10.2. The quantitative estimate of drug-likeness (QED) is 0.764. The zero-order valence-corrected chi connectivity index (χ0v) is 12.7. The Hall–Kier alpha value is -3.16. The molecule has 1 aromatic heterocycles. The molecule has 0 aliphatic heterocycles. The number of benzene rings is 2. The number of aromatic nitrogens is 2. The highest BCUT2D eigenvalue weighted by Crippen LogP contribution is 2.30. The SMILES string of the molecule is O=C(Cc1nc2ccccc2[nH]c1=O)Nc1cccc(C(F)(F)F)c1. The van der Waals surface area contributed by atoms with Crippen LogP contribution >= 0.6 is 0 Å². The largest absolute Gasteiger partial charge is 0.416 e. The van der Waals surface area contributed by atoms with Crippen molar-refractivity contribution in [2.45, 2.75) is 12.6 Å². The highest BCUT2D eigenvalue weighted by molar-refractivity contribution is 5.92. The van der Waals surface area contributed by atoms with Gasteiger partial charge in [0.1, 0.15) is 5.69 Å². The maximum absolute atomic E-state index is 12.7. The number of alkyl halides is 3. The van der Waals surface area contributed by atoms with Crippen LogP contribution < -0.4 is 10.9 Å². The normalized spacial score (nSPS) is 11.5. The van der Waals surface area contributed by atoms with Gasteiger partial charge in [0.05, 0.1) is 23.0 Å². The summed E-state index contributed by atoms with van der Waals surface area (Å²) in [4.78, 5) is 30.7. The Morgan fingerprint density at radius 2 is 1.88 bits per heavy atom. The Bertz CT molecular complexity index is 996. The molecule has 0 radical (unpaired) electrons. The summed E-state index contributed by atoms with van der Waals surface area (Å²) in [6.07, 6.45) is -4.85.